The summed E-state index contributed by atoms with van der Waals surface area (Å²) >= 11 is 0. The standard InChI is InChI=1S/C15H12N2O2/c1-10(18)13-9-15(19)17(16-13)14-8-4-6-11-5-2-3-7-12(11)14/h2-8H,9H2,1H3. The molecule has 4 nitrogen and oxygen atoms in total. The number of carbonyl (C=O) groups is 2. The molecule has 0 unspecified atom stereocenters. The number of rotatable bonds is 2. The molecule has 0 aromatic heterocycles. The molecule has 0 bridgehead atoms. The van der Waals surface area contributed by atoms with E-state index in [1.807, 2.05) is 42.5 Å². The highest BCUT2D eigenvalue weighted by atomic mass is 16.2. The molecule has 0 saturated heterocycles. The third-order valence-corrected chi connectivity index (χ3v) is 3.18. The van der Waals surface area contributed by atoms with Crippen LogP contribution in [0.2, 0.25) is 0 Å². The molecule has 19 heavy (non-hydrogen) atoms. The Kier molecular flexibility index (Phi) is 2.63. The molecule has 0 fully saturated rings. The maximum atomic E-state index is 12.0. The molecule has 0 N–H and O–H groups in total. The average Bonchev–Trinajstić information content (AvgIpc) is 2.80. The first kappa shape index (κ1) is 11.6. The molecule has 0 atom stereocenters. The Morgan fingerprint density at radius 1 is 1.16 bits per heavy atom. The van der Waals surface area contributed by atoms with Gasteiger partial charge in [-0.3, -0.25) is 9.59 Å². The smallest absolute Gasteiger partial charge is 0.253 e. The van der Waals surface area contributed by atoms with Crippen LogP contribution in [0.5, 0.6) is 0 Å². The van der Waals surface area contributed by atoms with E-state index in [-0.39, 0.29) is 18.1 Å². The highest BCUT2D eigenvalue weighted by molar-refractivity contribution is 6.44. The zero-order valence-electron chi connectivity index (χ0n) is 10.5. The minimum Gasteiger partial charge on any atom is -0.293 e. The first-order chi connectivity index (χ1) is 9.16. The maximum absolute atomic E-state index is 12.0. The summed E-state index contributed by atoms with van der Waals surface area (Å²) in [7, 11) is 0. The number of nitrogens with zero attached hydrogens (tertiary/aromatic N) is 2. The van der Waals surface area contributed by atoms with E-state index in [1.165, 1.54) is 11.9 Å². The van der Waals surface area contributed by atoms with E-state index >= 15 is 0 Å². The van der Waals surface area contributed by atoms with Crippen molar-refractivity contribution in [1.82, 2.24) is 0 Å². The summed E-state index contributed by atoms with van der Waals surface area (Å²) in [5, 5.41) is 7.46. The van der Waals surface area contributed by atoms with Crippen LogP contribution in [0.1, 0.15) is 13.3 Å². The van der Waals surface area contributed by atoms with Crippen LogP contribution in [0, 0.1) is 0 Å². The van der Waals surface area contributed by atoms with Gasteiger partial charge in [0.2, 0.25) is 0 Å². The Morgan fingerprint density at radius 2 is 1.89 bits per heavy atom. The van der Waals surface area contributed by atoms with Crippen molar-refractivity contribution in [2.75, 3.05) is 5.01 Å². The fourth-order valence-electron chi connectivity index (χ4n) is 2.21. The van der Waals surface area contributed by atoms with Crippen LogP contribution in [0.3, 0.4) is 0 Å². The highest BCUT2D eigenvalue weighted by Gasteiger charge is 2.28. The highest BCUT2D eigenvalue weighted by Crippen LogP contribution is 2.29. The molecule has 2 aromatic rings. The number of ketones is 1. The molecule has 1 aliphatic heterocycles. The van der Waals surface area contributed by atoms with E-state index in [1.54, 1.807) is 0 Å². The van der Waals surface area contributed by atoms with Gasteiger partial charge >= 0.3 is 0 Å². The number of Topliss-reactive ketones (excluding diaryl/α,β-unsaturated/α-hetero) is 1. The first-order valence-corrected chi connectivity index (χ1v) is 6.06. The third-order valence-electron chi connectivity index (χ3n) is 3.18. The predicted molar refractivity (Wildman–Crippen MR) is 74.2 cm³/mol. The summed E-state index contributed by atoms with van der Waals surface area (Å²) in [5.41, 5.74) is 1.04. The van der Waals surface area contributed by atoms with Crippen molar-refractivity contribution in [3.8, 4) is 0 Å². The van der Waals surface area contributed by atoms with Crippen LogP contribution in [-0.2, 0) is 9.59 Å². The second-order valence-corrected chi connectivity index (χ2v) is 4.48. The number of amides is 1. The summed E-state index contributed by atoms with van der Waals surface area (Å²) in [6.07, 6.45) is 0.0819. The molecule has 3 rings (SSSR count). The van der Waals surface area contributed by atoms with Crippen LogP contribution < -0.4 is 5.01 Å². The Labute approximate surface area is 110 Å². The van der Waals surface area contributed by atoms with E-state index in [0.717, 1.165) is 16.5 Å². The summed E-state index contributed by atoms with van der Waals surface area (Å²) in [6.45, 7) is 1.43. The van der Waals surface area contributed by atoms with Gasteiger partial charge < -0.3 is 0 Å². The number of benzene rings is 2. The van der Waals surface area contributed by atoms with Crippen molar-refractivity contribution in [2.45, 2.75) is 13.3 Å². The van der Waals surface area contributed by atoms with Crippen LogP contribution in [0.4, 0.5) is 5.69 Å². The number of hydrogen-bond acceptors (Lipinski definition) is 3. The van der Waals surface area contributed by atoms with Crippen LogP contribution in [0.15, 0.2) is 47.6 Å². The van der Waals surface area contributed by atoms with Gasteiger partial charge in [0.1, 0.15) is 5.71 Å². The summed E-state index contributed by atoms with van der Waals surface area (Å²) < 4.78 is 0. The molecule has 2 aromatic carbocycles. The lowest BCUT2D eigenvalue weighted by Crippen LogP contribution is -2.19. The largest absolute Gasteiger partial charge is 0.293 e. The van der Waals surface area contributed by atoms with Crippen molar-refractivity contribution in [3.05, 3.63) is 42.5 Å². The van der Waals surface area contributed by atoms with Gasteiger partial charge in [0.15, 0.2) is 5.78 Å². The molecule has 1 aliphatic rings. The lowest BCUT2D eigenvalue weighted by Gasteiger charge is -2.14. The summed E-state index contributed by atoms with van der Waals surface area (Å²) in [6, 6.07) is 13.5. The summed E-state index contributed by atoms with van der Waals surface area (Å²) in [4.78, 5) is 23.3. The molecular formula is C15H12N2O2. The fraction of sp³-hybridized carbons (Fsp3) is 0.133. The minimum absolute atomic E-state index is 0.0819. The quantitative estimate of drug-likeness (QED) is 0.824. The summed E-state index contributed by atoms with van der Waals surface area (Å²) in [5.74, 6) is -0.322. The van der Waals surface area contributed by atoms with E-state index in [0.29, 0.717) is 5.71 Å². The SMILES string of the molecule is CC(=O)C1=NN(c2cccc3ccccc23)C(=O)C1. The number of hydrazone groups is 1. The van der Waals surface area contributed by atoms with Gasteiger partial charge in [-0.15, -0.1) is 0 Å². The molecule has 0 radical (unpaired) electrons. The third kappa shape index (κ3) is 1.91. The van der Waals surface area contributed by atoms with Crippen molar-refractivity contribution in [2.24, 2.45) is 5.10 Å². The molecule has 1 heterocycles. The molecule has 0 spiro atoms. The predicted octanol–water partition coefficient (Wildman–Crippen LogP) is 2.52. The van der Waals surface area contributed by atoms with E-state index in [2.05, 4.69) is 5.10 Å². The maximum Gasteiger partial charge on any atom is 0.253 e. The van der Waals surface area contributed by atoms with Gasteiger partial charge in [0.05, 0.1) is 12.1 Å². The average molecular weight is 252 g/mol. The topological polar surface area (TPSA) is 49.7 Å². The number of anilines is 1. The second-order valence-electron chi connectivity index (χ2n) is 4.48. The van der Waals surface area contributed by atoms with Gasteiger partial charge in [-0.1, -0.05) is 36.4 Å². The number of hydrogen-bond donors (Lipinski definition) is 0. The van der Waals surface area contributed by atoms with Crippen molar-refractivity contribution >= 4 is 33.9 Å². The molecule has 94 valence electrons. The van der Waals surface area contributed by atoms with Crippen LogP contribution in [0.25, 0.3) is 10.8 Å². The Bertz CT molecular complexity index is 714. The minimum atomic E-state index is -0.165. The van der Waals surface area contributed by atoms with Crippen molar-refractivity contribution in [3.63, 3.8) is 0 Å². The zero-order valence-corrected chi connectivity index (χ0v) is 10.5. The van der Waals surface area contributed by atoms with Gasteiger partial charge in [-0.25, -0.2) is 0 Å². The second kappa shape index (κ2) is 4.31. The van der Waals surface area contributed by atoms with Gasteiger partial charge in [-0.2, -0.15) is 10.1 Å². The number of fused-ring (bicyclic) bond motifs is 1. The molecule has 0 aliphatic carbocycles. The van der Waals surface area contributed by atoms with E-state index < -0.39 is 0 Å². The van der Waals surface area contributed by atoms with Crippen LogP contribution in [-0.4, -0.2) is 17.4 Å². The molecule has 0 saturated carbocycles. The normalized spacial score (nSPS) is 14.9. The molecular weight excluding hydrogens is 240 g/mol. The molecule has 4 heteroatoms. The fourth-order valence-corrected chi connectivity index (χ4v) is 2.21. The van der Waals surface area contributed by atoms with Gasteiger partial charge in [0, 0.05) is 12.3 Å². The number of carbonyl (C=O) groups excluding carboxylic acids is 2. The van der Waals surface area contributed by atoms with E-state index in [4.69, 9.17) is 0 Å². The lowest BCUT2D eigenvalue weighted by atomic mass is 10.1. The lowest BCUT2D eigenvalue weighted by molar-refractivity contribution is -0.117. The Morgan fingerprint density at radius 3 is 2.63 bits per heavy atom. The molecule has 1 amide bonds. The van der Waals surface area contributed by atoms with Crippen molar-refractivity contribution < 1.29 is 9.59 Å². The Hall–Kier alpha value is -2.49. The van der Waals surface area contributed by atoms with E-state index in [9.17, 15) is 9.59 Å². The van der Waals surface area contributed by atoms with Gasteiger partial charge in [-0.05, 0) is 11.5 Å². The van der Waals surface area contributed by atoms with Crippen molar-refractivity contribution in [1.29, 1.82) is 0 Å². The zero-order chi connectivity index (χ0) is 13.4. The monoisotopic (exact) mass is 252 g/mol. The first-order valence-electron chi connectivity index (χ1n) is 6.06. The Balaban J connectivity index is 2.15. The van der Waals surface area contributed by atoms with Gasteiger partial charge in [0.25, 0.3) is 5.91 Å². The van der Waals surface area contributed by atoms with Crippen LogP contribution >= 0.6 is 0 Å².